The molecule has 2 aliphatic heterocycles. The van der Waals surface area contributed by atoms with Crippen molar-refractivity contribution in [1.82, 2.24) is 5.32 Å². The number of anilines is 1. The molecule has 2 atom stereocenters. The smallest absolute Gasteiger partial charge is 0.0509 e. The van der Waals surface area contributed by atoms with Crippen LogP contribution < -0.4 is 10.2 Å². The number of rotatable bonds is 4. The van der Waals surface area contributed by atoms with Crippen LogP contribution in [0.15, 0.2) is 30.3 Å². The first kappa shape index (κ1) is 13.9. The zero-order valence-electron chi connectivity index (χ0n) is 12.4. The van der Waals surface area contributed by atoms with Gasteiger partial charge in [0.05, 0.1) is 6.61 Å². The number of nitrogens with zero attached hydrogens (tertiary/aromatic N) is 1. The first-order valence-electron chi connectivity index (χ1n) is 7.97. The van der Waals surface area contributed by atoms with Crippen LogP contribution in [-0.4, -0.2) is 38.4 Å². The molecule has 0 aromatic heterocycles. The molecule has 2 saturated heterocycles. The molecule has 0 radical (unpaired) electrons. The predicted molar refractivity (Wildman–Crippen MR) is 83.2 cm³/mol. The van der Waals surface area contributed by atoms with Crippen LogP contribution in [0.2, 0.25) is 0 Å². The monoisotopic (exact) mass is 274 g/mol. The molecule has 2 heterocycles. The standard InChI is InChI=1S/C17H26N2O/c1-14(15-9-12-20-13-15)18-16-7-10-19(11-8-16)17-5-3-2-4-6-17/h2-6,14-16,18H,7-13H2,1H3. The summed E-state index contributed by atoms with van der Waals surface area (Å²) in [5.41, 5.74) is 1.36. The van der Waals surface area contributed by atoms with E-state index in [9.17, 15) is 0 Å². The number of hydrogen-bond donors (Lipinski definition) is 1. The van der Waals surface area contributed by atoms with Gasteiger partial charge in [-0.2, -0.15) is 0 Å². The Labute approximate surface area is 122 Å². The van der Waals surface area contributed by atoms with E-state index in [1.807, 2.05) is 0 Å². The van der Waals surface area contributed by atoms with Crippen LogP contribution in [0, 0.1) is 5.92 Å². The summed E-state index contributed by atoms with van der Waals surface area (Å²) in [5.74, 6) is 0.710. The Kier molecular flexibility index (Phi) is 4.58. The maximum atomic E-state index is 5.49. The van der Waals surface area contributed by atoms with Crippen LogP contribution in [0.1, 0.15) is 26.2 Å². The molecule has 0 bridgehead atoms. The van der Waals surface area contributed by atoms with Crippen LogP contribution in [-0.2, 0) is 4.74 Å². The van der Waals surface area contributed by atoms with Crippen LogP contribution in [0.25, 0.3) is 0 Å². The van der Waals surface area contributed by atoms with E-state index >= 15 is 0 Å². The second kappa shape index (κ2) is 6.59. The molecule has 2 aliphatic rings. The molecule has 2 unspecified atom stereocenters. The highest BCUT2D eigenvalue weighted by molar-refractivity contribution is 5.46. The zero-order chi connectivity index (χ0) is 13.8. The first-order chi connectivity index (χ1) is 9.83. The lowest BCUT2D eigenvalue weighted by Crippen LogP contribution is -2.47. The fourth-order valence-electron chi connectivity index (χ4n) is 3.40. The summed E-state index contributed by atoms with van der Waals surface area (Å²) in [4.78, 5) is 2.50. The normalized spacial score (nSPS) is 25.9. The summed E-state index contributed by atoms with van der Waals surface area (Å²) in [6.45, 7) is 6.54. The molecule has 1 aromatic rings. The molecule has 0 saturated carbocycles. The Bertz CT molecular complexity index is 395. The molecule has 20 heavy (non-hydrogen) atoms. The summed E-state index contributed by atoms with van der Waals surface area (Å²) in [6.07, 6.45) is 3.71. The number of hydrogen-bond acceptors (Lipinski definition) is 3. The Morgan fingerprint density at radius 2 is 1.90 bits per heavy atom. The molecule has 1 aromatic carbocycles. The second-order valence-corrected chi connectivity index (χ2v) is 6.18. The topological polar surface area (TPSA) is 24.5 Å². The van der Waals surface area contributed by atoms with Gasteiger partial charge in [-0.3, -0.25) is 0 Å². The molecule has 0 amide bonds. The SMILES string of the molecule is CC(NC1CCN(c2ccccc2)CC1)C1CCOC1. The van der Waals surface area contributed by atoms with Crippen LogP contribution in [0.3, 0.4) is 0 Å². The van der Waals surface area contributed by atoms with Gasteiger partial charge in [0.25, 0.3) is 0 Å². The molecule has 110 valence electrons. The maximum absolute atomic E-state index is 5.49. The highest BCUT2D eigenvalue weighted by atomic mass is 16.5. The van der Waals surface area contributed by atoms with Crippen molar-refractivity contribution < 1.29 is 4.74 Å². The van der Waals surface area contributed by atoms with Crippen molar-refractivity contribution in [3.63, 3.8) is 0 Å². The van der Waals surface area contributed by atoms with E-state index in [2.05, 4.69) is 47.5 Å². The molecule has 0 aliphatic carbocycles. The van der Waals surface area contributed by atoms with Crippen LogP contribution in [0.4, 0.5) is 5.69 Å². The second-order valence-electron chi connectivity index (χ2n) is 6.18. The highest BCUT2D eigenvalue weighted by Gasteiger charge is 2.26. The van der Waals surface area contributed by atoms with E-state index in [0.717, 1.165) is 26.3 Å². The third-order valence-corrected chi connectivity index (χ3v) is 4.79. The van der Waals surface area contributed by atoms with Gasteiger partial charge in [0.1, 0.15) is 0 Å². The minimum Gasteiger partial charge on any atom is -0.381 e. The van der Waals surface area contributed by atoms with Gasteiger partial charge < -0.3 is 15.0 Å². The highest BCUT2D eigenvalue weighted by Crippen LogP contribution is 2.22. The van der Waals surface area contributed by atoms with Gasteiger partial charge in [-0.25, -0.2) is 0 Å². The maximum Gasteiger partial charge on any atom is 0.0509 e. The number of para-hydroxylation sites is 1. The summed E-state index contributed by atoms with van der Waals surface area (Å²) < 4.78 is 5.49. The molecule has 3 heteroatoms. The fourth-order valence-corrected chi connectivity index (χ4v) is 3.40. The van der Waals surface area contributed by atoms with E-state index in [-0.39, 0.29) is 0 Å². The average Bonchev–Trinajstić information content (AvgIpc) is 3.03. The summed E-state index contributed by atoms with van der Waals surface area (Å²) >= 11 is 0. The molecule has 2 fully saturated rings. The Morgan fingerprint density at radius 1 is 1.15 bits per heavy atom. The van der Waals surface area contributed by atoms with Crippen molar-refractivity contribution in [3.8, 4) is 0 Å². The van der Waals surface area contributed by atoms with Gasteiger partial charge in [0, 0.05) is 37.5 Å². The first-order valence-corrected chi connectivity index (χ1v) is 7.97. The quantitative estimate of drug-likeness (QED) is 0.913. The molecular weight excluding hydrogens is 248 g/mol. The lowest BCUT2D eigenvalue weighted by atomic mass is 9.97. The van der Waals surface area contributed by atoms with Gasteiger partial charge in [-0.1, -0.05) is 18.2 Å². The van der Waals surface area contributed by atoms with E-state index in [1.165, 1.54) is 24.9 Å². The van der Waals surface area contributed by atoms with Gasteiger partial charge in [0.2, 0.25) is 0 Å². The number of ether oxygens (including phenoxy) is 1. The minimum atomic E-state index is 0.589. The minimum absolute atomic E-state index is 0.589. The van der Waals surface area contributed by atoms with Gasteiger partial charge in [-0.05, 0) is 44.2 Å². The Hall–Kier alpha value is -1.06. The number of nitrogens with one attached hydrogen (secondary N) is 1. The third kappa shape index (κ3) is 3.33. The fraction of sp³-hybridized carbons (Fsp3) is 0.647. The number of benzene rings is 1. The van der Waals surface area contributed by atoms with Crippen molar-refractivity contribution in [2.45, 2.75) is 38.3 Å². The molecular formula is C17H26N2O. The van der Waals surface area contributed by atoms with Crippen molar-refractivity contribution in [2.75, 3.05) is 31.2 Å². The van der Waals surface area contributed by atoms with Crippen molar-refractivity contribution in [3.05, 3.63) is 30.3 Å². The van der Waals surface area contributed by atoms with E-state index < -0.39 is 0 Å². The van der Waals surface area contributed by atoms with Crippen LogP contribution in [0.5, 0.6) is 0 Å². The molecule has 0 spiro atoms. The van der Waals surface area contributed by atoms with Gasteiger partial charge in [-0.15, -0.1) is 0 Å². The Balaban J connectivity index is 1.46. The van der Waals surface area contributed by atoms with E-state index in [0.29, 0.717) is 18.0 Å². The molecule has 1 N–H and O–H groups in total. The largest absolute Gasteiger partial charge is 0.381 e. The number of piperidine rings is 1. The summed E-state index contributed by atoms with van der Waals surface area (Å²) in [5, 5.41) is 3.83. The van der Waals surface area contributed by atoms with Gasteiger partial charge >= 0.3 is 0 Å². The predicted octanol–water partition coefficient (Wildman–Crippen LogP) is 2.67. The third-order valence-electron chi connectivity index (χ3n) is 4.79. The Morgan fingerprint density at radius 3 is 2.55 bits per heavy atom. The zero-order valence-corrected chi connectivity index (χ0v) is 12.4. The van der Waals surface area contributed by atoms with Crippen molar-refractivity contribution >= 4 is 5.69 Å². The van der Waals surface area contributed by atoms with Gasteiger partial charge in [0.15, 0.2) is 0 Å². The summed E-state index contributed by atoms with van der Waals surface area (Å²) in [7, 11) is 0. The summed E-state index contributed by atoms with van der Waals surface area (Å²) in [6, 6.07) is 12.0. The van der Waals surface area contributed by atoms with Crippen molar-refractivity contribution in [1.29, 1.82) is 0 Å². The van der Waals surface area contributed by atoms with Crippen molar-refractivity contribution in [2.24, 2.45) is 5.92 Å². The molecule has 3 rings (SSSR count). The lowest BCUT2D eigenvalue weighted by molar-refractivity contribution is 0.175. The van der Waals surface area contributed by atoms with E-state index in [4.69, 9.17) is 4.74 Å². The van der Waals surface area contributed by atoms with Crippen LogP contribution >= 0.6 is 0 Å². The average molecular weight is 274 g/mol. The lowest BCUT2D eigenvalue weighted by Gasteiger charge is -2.36. The van der Waals surface area contributed by atoms with E-state index in [1.54, 1.807) is 0 Å². The molecule has 3 nitrogen and oxygen atoms in total.